The van der Waals surface area contributed by atoms with Gasteiger partial charge in [0.15, 0.2) is 6.61 Å². The minimum Gasteiger partial charge on any atom is -0.485 e. The number of hydrogen-bond donors (Lipinski definition) is 1. The highest BCUT2D eigenvalue weighted by molar-refractivity contribution is 6.05. The molecule has 0 saturated carbocycles. The number of imidazole rings is 1. The molecule has 0 unspecified atom stereocenters. The number of nitrogens with zero attached hydrogens (tertiary/aromatic N) is 5. The van der Waals surface area contributed by atoms with Gasteiger partial charge in [-0.05, 0) is 69.5 Å². The van der Waals surface area contributed by atoms with Crippen LogP contribution < -0.4 is 15.0 Å². The van der Waals surface area contributed by atoms with Gasteiger partial charge in [0.25, 0.3) is 11.8 Å². The Kier molecular flexibility index (Phi) is 8.83. The van der Waals surface area contributed by atoms with E-state index in [2.05, 4.69) is 10.2 Å². The lowest BCUT2D eigenvalue weighted by Gasteiger charge is -2.28. The number of amides is 2. The lowest BCUT2D eigenvalue weighted by atomic mass is 10.1. The standard InChI is InChI=1S/C33H40F2N6O3/c1-38-22-33(34,35)23-44-27-16-15-26-29(30(27)38)41(32(36-26)37-31(43)24-11-4-2-5-12-24)25-13-6-9-20-40(21-25)28(42)14-10-19-39-17-7-3-8-18-39/h2,4-5,10-12,14-16,25H,3,6-9,13,17-23H2,1H3,(H,36,37,43)/b14-10+/t25-/m1/s1. The lowest BCUT2D eigenvalue weighted by Crippen LogP contribution is -2.37. The number of piperidine rings is 1. The maximum atomic E-state index is 14.6. The minimum absolute atomic E-state index is 0.0490. The van der Waals surface area contributed by atoms with Crippen molar-refractivity contribution >= 4 is 34.5 Å². The van der Waals surface area contributed by atoms with Crippen LogP contribution in [-0.4, -0.2) is 90.0 Å². The Morgan fingerprint density at radius 1 is 1.05 bits per heavy atom. The molecule has 2 fully saturated rings. The zero-order chi connectivity index (χ0) is 30.7. The molecule has 6 rings (SSSR count). The second-order valence-electron chi connectivity index (χ2n) is 12.1. The third-order valence-corrected chi connectivity index (χ3v) is 8.73. The van der Waals surface area contributed by atoms with Gasteiger partial charge in [-0.2, -0.15) is 0 Å². The van der Waals surface area contributed by atoms with E-state index in [-0.39, 0.29) is 17.9 Å². The summed E-state index contributed by atoms with van der Waals surface area (Å²) < 4.78 is 36.8. The van der Waals surface area contributed by atoms with Gasteiger partial charge in [-0.1, -0.05) is 30.7 Å². The quantitative estimate of drug-likeness (QED) is 0.381. The van der Waals surface area contributed by atoms with E-state index in [4.69, 9.17) is 9.72 Å². The fourth-order valence-corrected chi connectivity index (χ4v) is 6.58. The summed E-state index contributed by atoms with van der Waals surface area (Å²) in [5.41, 5.74) is 2.12. The highest BCUT2D eigenvalue weighted by Crippen LogP contribution is 2.43. The van der Waals surface area contributed by atoms with Crippen LogP contribution in [0, 0.1) is 0 Å². The van der Waals surface area contributed by atoms with E-state index in [0.717, 1.165) is 38.9 Å². The second-order valence-corrected chi connectivity index (χ2v) is 12.1. The van der Waals surface area contributed by atoms with Gasteiger partial charge >= 0.3 is 0 Å². The monoisotopic (exact) mass is 606 g/mol. The minimum atomic E-state index is -3.04. The number of benzene rings is 2. The maximum Gasteiger partial charge on any atom is 0.298 e. The molecule has 234 valence electrons. The number of carbonyl (C=O) groups is 2. The number of likely N-dealkylation sites (tertiary alicyclic amines) is 2. The van der Waals surface area contributed by atoms with E-state index < -0.39 is 19.1 Å². The van der Waals surface area contributed by atoms with E-state index in [0.29, 0.717) is 47.1 Å². The first kappa shape index (κ1) is 30.1. The Balaban J connectivity index is 1.36. The summed E-state index contributed by atoms with van der Waals surface area (Å²) >= 11 is 0. The topological polar surface area (TPSA) is 82.9 Å². The zero-order valence-electron chi connectivity index (χ0n) is 25.2. The zero-order valence-corrected chi connectivity index (χ0v) is 25.2. The predicted octanol–water partition coefficient (Wildman–Crippen LogP) is 5.35. The van der Waals surface area contributed by atoms with Gasteiger partial charge in [-0.25, -0.2) is 13.8 Å². The Morgan fingerprint density at radius 3 is 2.61 bits per heavy atom. The maximum absolute atomic E-state index is 14.6. The van der Waals surface area contributed by atoms with Crippen LogP contribution in [0.4, 0.5) is 20.4 Å². The van der Waals surface area contributed by atoms with Gasteiger partial charge in [-0.3, -0.25) is 19.8 Å². The SMILES string of the molecule is CN1CC(F)(F)COc2ccc3nc(NC(=O)c4ccccc4)n([C@@H]4CCCCN(C(=O)/C=C/CN5CCCCC5)C4)c3c21. The molecule has 2 saturated heterocycles. The number of ether oxygens (including phenoxy) is 1. The molecule has 1 aromatic heterocycles. The molecule has 11 heteroatoms. The molecule has 1 atom stereocenters. The van der Waals surface area contributed by atoms with Gasteiger partial charge < -0.3 is 19.1 Å². The van der Waals surface area contributed by atoms with Crippen LogP contribution in [0.15, 0.2) is 54.6 Å². The molecule has 2 aromatic carbocycles. The van der Waals surface area contributed by atoms with Crippen molar-refractivity contribution in [3.63, 3.8) is 0 Å². The van der Waals surface area contributed by atoms with Crippen LogP contribution in [0.2, 0.25) is 0 Å². The first-order valence-corrected chi connectivity index (χ1v) is 15.6. The van der Waals surface area contributed by atoms with E-state index in [1.165, 1.54) is 24.2 Å². The first-order valence-electron chi connectivity index (χ1n) is 15.6. The molecule has 44 heavy (non-hydrogen) atoms. The highest BCUT2D eigenvalue weighted by atomic mass is 19.3. The summed E-state index contributed by atoms with van der Waals surface area (Å²) in [4.78, 5) is 37.3. The van der Waals surface area contributed by atoms with Crippen molar-refractivity contribution < 1.29 is 23.1 Å². The molecule has 3 aromatic rings. The summed E-state index contributed by atoms with van der Waals surface area (Å²) in [5, 5.41) is 2.98. The number of fused-ring (bicyclic) bond motifs is 3. The van der Waals surface area contributed by atoms with Crippen molar-refractivity contribution in [3.05, 3.63) is 60.2 Å². The lowest BCUT2D eigenvalue weighted by molar-refractivity contribution is -0.126. The Labute approximate surface area is 256 Å². The molecule has 4 heterocycles. The normalized spacial score (nSPS) is 21.0. The fraction of sp³-hybridized carbons (Fsp3) is 0.485. The van der Waals surface area contributed by atoms with Gasteiger partial charge in [0, 0.05) is 38.3 Å². The summed E-state index contributed by atoms with van der Waals surface area (Å²) in [6.07, 6.45) is 9.71. The van der Waals surface area contributed by atoms with Crippen LogP contribution in [0.25, 0.3) is 11.0 Å². The second kappa shape index (κ2) is 12.9. The van der Waals surface area contributed by atoms with Gasteiger partial charge in [0.2, 0.25) is 11.9 Å². The van der Waals surface area contributed by atoms with E-state index in [1.54, 1.807) is 49.5 Å². The number of rotatable bonds is 6. The van der Waals surface area contributed by atoms with Crippen molar-refractivity contribution in [2.24, 2.45) is 0 Å². The van der Waals surface area contributed by atoms with E-state index in [9.17, 15) is 18.4 Å². The smallest absolute Gasteiger partial charge is 0.298 e. The third-order valence-electron chi connectivity index (χ3n) is 8.73. The summed E-state index contributed by atoms with van der Waals surface area (Å²) in [5.74, 6) is -2.77. The third kappa shape index (κ3) is 6.57. The molecule has 3 aliphatic rings. The predicted molar refractivity (Wildman–Crippen MR) is 167 cm³/mol. The van der Waals surface area contributed by atoms with Crippen LogP contribution >= 0.6 is 0 Å². The van der Waals surface area contributed by atoms with Crippen molar-refractivity contribution in [1.82, 2.24) is 19.4 Å². The Morgan fingerprint density at radius 2 is 1.82 bits per heavy atom. The van der Waals surface area contributed by atoms with Crippen molar-refractivity contribution in [2.75, 3.05) is 63.1 Å². The van der Waals surface area contributed by atoms with Crippen LogP contribution in [0.1, 0.15) is 54.9 Å². The summed E-state index contributed by atoms with van der Waals surface area (Å²) in [6, 6.07) is 12.0. The Bertz CT molecular complexity index is 1520. The van der Waals surface area contributed by atoms with Crippen molar-refractivity contribution in [2.45, 2.75) is 50.5 Å². The van der Waals surface area contributed by atoms with E-state index in [1.807, 2.05) is 21.6 Å². The molecule has 0 aliphatic carbocycles. The van der Waals surface area contributed by atoms with Crippen LogP contribution in [-0.2, 0) is 4.79 Å². The van der Waals surface area contributed by atoms with Crippen molar-refractivity contribution in [3.8, 4) is 5.75 Å². The molecule has 0 bridgehead atoms. The number of anilines is 2. The van der Waals surface area contributed by atoms with Gasteiger partial charge in [0.1, 0.15) is 11.4 Å². The Hall–Kier alpha value is -3.99. The summed E-state index contributed by atoms with van der Waals surface area (Å²) in [6.45, 7) is 2.65. The molecule has 3 aliphatic heterocycles. The molecular weight excluding hydrogens is 566 g/mol. The highest BCUT2D eigenvalue weighted by Gasteiger charge is 2.38. The summed E-state index contributed by atoms with van der Waals surface area (Å²) in [7, 11) is 1.62. The molecule has 1 N–H and O–H groups in total. The van der Waals surface area contributed by atoms with Crippen LogP contribution in [0.5, 0.6) is 5.75 Å². The molecule has 9 nitrogen and oxygen atoms in total. The fourth-order valence-electron chi connectivity index (χ4n) is 6.58. The molecular formula is C33H40F2N6O3. The van der Waals surface area contributed by atoms with Gasteiger partial charge in [0.05, 0.1) is 23.6 Å². The average molecular weight is 607 g/mol. The number of alkyl halides is 2. The van der Waals surface area contributed by atoms with Crippen LogP contribution in [0.3, 0.4) is 0 Å². The molecule has 0 radical (unpaired) electrons. The molecule has 2 amide bonds. The first-order chi connectivity index (χ1) is 21.3. The number of hydrogen-bond acceptors (Lipinski definition) is 6. The van der Waals surface area contributed by atoms with E-state index >= 15 is 0 Å². The number of carbonyl (C=O) groups excluding carboxylic acids is 2. The number of nitrogens with one attached hydrogen (secondary N) is 1. The van der Waals surface area contributed by atoms with Crippen molar-refractivity contribution in [1.29, 1.82) is 0 Å². The largest absolute Gasteiger partial charge is 0.485 e. The molecule has 0 spiro atoms. The van der Waals surface area contributed by atoms with Gasteiger partial charge in [-0.15, -0.1) is 0 Å². The number of aromatic nitrogens is 2. The average Bonchev–Trinajstić information content (AvgIpc) is 3.13. The number of halogens is 2.